The Hall–Kier alpha value is -2.40. The maximum atomic E-state index is 9.91. The van der Waals surface area contributed by atoms with Gasteiger partial charge in [-0.1, -0.05) is 0 Å². The summed E-state index contributed by atoms with van der Waals surface area (Å²) in [4.78, 5) is 0. The maximum absolute atomic E-state index is 9.91. The average molecular weight is 437 g/mol. The van der Waals surface area contributed by atoms with E-state index >= 15 is 0 Å². The summed E-state index contributed by atoms with van der Waals surface area (Å²) in [6.07, 6.45) is 1.73. The van der Waals surface area contributed by atoms with E-state index in [1.54, 1.807) is 50.6 Å². The molecule has 0 bridgehead atoms. The highest BCUT2D eigenvalue weighted by Crippen LogP contribution is 2.35. The fraction of sp³-hybridized carbons (Fsp3) is 0.167. The van der Waals surface area contributed by atoms with Gasteiger partial charge in [-0.15, -0.1) is 0 Å². The summed E-state index contributed by atoms with van der Waals surface area (Å²) in [5.41, 5.74) is 1.91. The van der Waals surface area contributed by atoms with Gasteiger partial charge >= 0.3 is 0 Å². The van der Waals surface area contributed by atoms with Gasteiger partial charge in [0, 0.05) is 0 Å². The minimum Gasteiger partial charge on any atom is -0.504 e. The predicted molar refractivity (Wildman–Crippen MR) is 100 cm³/mol. The van der Waals surface area contributed by atoms with Gasteiger partial charge in [0.05, 0.1) is 36.5 Å². The Balaban J connectivity index is 2.51. The van der Waals surface area contributed by atoms with Gasteiger partial charge in [-0.25, -0.2) is 0 Å². The predicted octanol–water partition coefficient (Wildman–Crippen LogP) is 4.09. The molecular formula is C18H16INO4. The molecule has 0 aliphatic carbocycles. The molecular weight excluding hydrogens is 421 g/mol. The van der Waals surface area contributed by atoms with Crippen LogP contribution in [-0.2, 0) is 0 Å². The highest BCUT2D eigenvalue weighted by Gasteiger charge is 2.11. The van der Waals surface area contributed by atoms with E-state index in [0.717, 1.165) is 5.56 Å². The van der Waals surface area contributed by atoms with E-state index in [9.17, 15) is 10.4 Å². The van der Waals surface area contributed by atoms with Gasteiger partial charge in [0.25, 0.3) is 0 Å². The number of allylic oxidation sites excluding steroid dienone is 1. The van der Waals surface area contributed by atoms with Crippen LogP contribution < -0.4 is 14.2 Å². The Morgan fingerprint density at radius 3 is 2.29 bits per heavy atom. The third-order valence-corrected chi connectivity index (χ3v) is 4.22. The van der Waals surface area contributed by atoms with Crippen molar-refractivity contribution >= 4 is 34.2 Å². The summed E-state index contributed by atoms with van der Waals surface area (Å²) in [5, 5.41) is 19.4. The van der Waals surface area contributed by atoms with Gasteiger partial charge in [0.1, 0.15) is 0 Å². The lowest BCUT2D eigenvalue weighted by Gasteiger charge is -2.10. The van der Waals surface area contributed by atoms with Crippen LogP contribution in [0.5, 0.6) is 23.0 Å². The van der Waals surface area contributed by atoms with Crippen molar-refractivity contribution in [3.8, 4) is 29.1 Å². The number of nitrogens with zero attached hydrogens (tertiary/aromatic N) is 1. The molecule has 24 heavy (non-hydrogen) atoms. The Labute approximate surface area is 154 Å². The summed E-state index contributed by atoms with van der Waals surface area (Å²) >= 11 is 2.01. The van der Waals surface area contributed by atoms with Crippen molar-refractivity contribution < 1.29 is 19.3 Å². The molecule has 0 heterocycles. The fourth-order valence-electron chi connectivity index (χ4n) is 2.18. The van der Waals surface area contributed by atoms with Crippen molar-refractivity contribution in [1.82, 2.24) is 0 Å². The van der Waals surface area contributed by atoms with Crippen molar-refractivity contribution in [2.24, 2.45) is 0 Å². The molecule has 0 aromatic heterocycles. The topological polar surface area (TPSA) is 71.7 Å². The van der Waals surface area contributed by atoms with E-state index in [4.69, 9.17) is 14.2 Å². The largest absolute Gasteiger partial charge is 0.504 e. The third-order valence-electron chi connectivity index (χ3n) is 3.40. The van der Waals surface area contributed by atoms with E-state index in [1.165, 1.54) is 7.11 Å². The highest BCUT2D eigenvalue weighted by atomic mass is 127. The summed E-state index contributed by atoms with van der Waals surface area (Å²) < 4.78 is 16.3. The van der Waals surface area contributed by atoms with Crippen LogP contribution in [0.1, 0.15) is 11.1 Å². The van der Waals surface area contributed by atoms with Crippen molar-refractivity contribution in [1.29, 1.82) is 5.26 Å². The van der Waals surface area contributed by atoms with Crippen molar-refractivity contribution in [2.75, 3.05) is 21.3 Å². The number of nitriles is 1. The fourth-order valence-corrected chi connectivity index (χ4v) is 2.81. The first-order valence-electron chi connectivity index (χ1n) is 6.94. The number of halogens is 1. The average Bonchev–Trinajstić information content (AvgIpc) is 2.61. The second-order valence-electron chi connectivity index (χ2n) is 4.79. The minimum atomic E-state index is 0.0832. The molecule has 0 aliphatic heterocycles. The molecule has 2 rings (SSSR count). The smallest absolute Gasteiger partial charge is 0.171 e. The van der Waals surface area contributed by atoms with Crippen LogP contribution in [-0.4, -0.2) is 26.4 Å². The first-order chi connectivity index (χ1) is 11.5. The number of hydrogen-bond donors (Lipinski definition) is 1. The zero-order valence-corrected chi connectivity index (χ0v) is 15.6. The molecule has 124 valence electrons. The lowest BCUT2D eigenvalue weighted by atomic mass is 10.0. The number of aromatic hydroxyl groups is 1. The molecule has 0 amide bonds. The monoisotopic (exact) mass is 437 g/mol. The first kappa shape index (κ1) is 17.9. The van der Waals surface area contributed by atoms with Crippen molar-refractivity contribution in [3.05, 3.63) is 45.0 Å². The molecule has 5 nitrogen and oxygen atoms in total. The van der Waals surface area contributed by atoms with Gasteiger partial charge in [0.15, 0.2) is 23.0 Å². The van der Waals surface area contributed by atoms with E-state index < -0.39 is 0 Å². The lowest BCUT2D eigenvalue weighted by Crippen LogP contribution is -1.92. The van der Waals surface area contributed by atoms with Crippen LogP contribution >= 0.6 is 22.6 Å². The van der Waals surface area contributed by atoms with Gasteiger partial charge < -0.3 is 19.3 Å². The number of benzene rings is 2. The summed E-state index contributed by atoms with van der Waals surface area (Å²) in [5.74, 6) is 1.59. The highest BCUT2D eigenvalue weighted by molar-refractivity contribution is 14.1. The molecule has 0 aliphatic rings. The normalized spacial score (nSPS) is 10.9. The van der Waals surface area contributed by atoms with Crippen LogP contribution in [0.25, 0.3) is 11.6 Å². The number of rotatable bonds is 5. The van der Waals surface area contributed by atoms with Crippen LogP contribution in [0.3, 0.4) is 0 Å². The van der Waals surface area contributed by atoms with Crippen LogP contribution in [0, 0.1) is 14.9 Å². The molecule has 0 spiro atoms. The Morgan fingerprint density at radius 1 is 1.04 bits per heavy atom. The number of hydrogen-bond acceptors (Lipinski definition) is 5. The number of methoxy groups -OCH3 is 3. The molecule has 0 atom stereocenters. The zero-order valence-electron chi connectivity index (χ0n) is 13.5. The molecule has 0 saturated carbocycles. The Bertz CT molecular complexity index is 824. The summed E-state index contributed by atoms with van der Waals surface area (Å²) in [6, 6.07) is 10.9. The molecule has 1 N–H and O–H groups in total. The molecule has 2 aromatic rings. The lowest BCUT2D eigenvalue weighted by molar-refractivity contribution is 0.355. The van der Waals surface area contributed by atoms with E-state index in [-0.39, 0.29) is 5.75 Å². The minimum absolute atomic E-state index is 0.0832. The van der Waals surface area contributed by atoms with Gasteiger partial charge in [-0.3, -0.25) is 0 Å². The second kappa shape index (κ2) is 7.93. The van der Waals surface area contributed by atoms with E-state index in [2.05, 4.69) is 6.07 Å². The standard InChI is InChI=1S/C18H16INO4/c1-22-15-5-4-12(9-16(15)23-2)13(10-20)6-11-7-14(19)18(21)17(8-11)24-3/h4-9,21H,1-3H3/b13-6+. The SMILES string of the molecule is COc1ccc(/C(C#N)=C/c2cc(I)c(O)c(OC)c2)cc1OC. The molecule has 0 fully saturated rings. The third kappa shape index (κ3) is 3.74. The van der Waals surface area contributed by atoms with Crippen LogP contribution in [0.4, 0.5) is 0 Å². The molecule has 0 unspecified atom stereocenters. The maximum Gasteiger partial charge on any atom is 0.171 e. The van der Waals surface area contributed by atoms with Crippen LogP contribution in [0.15, 0.2) is 30.3 Å². The van der Waals surface area contributed by atoms with Crippen LogP contribution in [0.2, 0.25) is 0 Å². The number of phenolic OH excluding ortho intramolecular Hbond substituents is 1. The quantitative estimate of drug-likeness (QED) is 0.434. The van der Waals surface area contributed by atoms with E-state index in [1.807, 2.05) is 22.6 Å². The molecule has 6 heteroatoms. The Morgan fingerprint density at radius 2 is 1.71 bits per heavy atom. The van der Waals surface area contributed by atoms with Gasteiger partial charge in [0.2, 0.25) is 0 Å². The zero-order chi connectivity index (χ0) is 17.7. The second-order valence-corrected chi connectivity index (χ2v) is 5.96. The van der Waals surface area contributed by atoms with E-state index in [0.29, 0.717) is 32.0 Å². The Kier molecular flexibility index (Phi) is 5.93. The van der Waals surface area contributed by atoms with Crippen molar-refractivity contribution in [2.45, 2.75) is 0 Å². The summed E-state index contributed by atoms with van der Waals surface area (Å²) in [6.45, 7) is 0. The molecule has 2 aromatic carbocycles. The molecule has 0 radical (unpaired) electrons. The first-order valence-corrected chi connectivity index (χ1v) is 8.02. The summed E-state index contributed by atoms with van der Waals surface area (Å²) in [7, 11) is 4.59. The number of ether oxygens (including phenoxy) is 3. The molecule has 0 saturated heterocycles. The number of phenols is 1. The van der Waals surface area contributed by atoms with Gasteiger partial charge in [-0.05, 0) is 70.1 Å². The van der Waals surface area contributed by atoms with Crippen molar-refractivity contribution in [3.63, 3.8) is 0 Å². The van der Waals surface area contributed by atoms with Gasteiger partial charge in [-0.2, -0.15) is 5.26 Å².